The number of urea groups is 1. The molecule has 2 rings (SSSR count). The van der Waals surface area contributed by atoms with E-state index in [0.29, 0.717) is 13.1 Å². The summed E-state index contributed by atoms with van der Waals surface area (Å²) >= 11 is 1.90. The lowest BCUT2D eigenvalue weighted by Gasteiger charge is -2.39. The fraction of sp³-hybridized carbons (Fsp3) is 0.833. The second-order valence-corrected chi connectivity index (χ2v) is 7.37. The Bertz CT molecular complexity index is 353. The molecule has 0 aromatic heterocycles. The maximum Gasteiger partial charge on any atom is 0.320 e. The van der Waals surface area contributed by atoms with Crippen LogP contribution in [-0.4, -0.2) is 63.6 Å². The van der Waals surface area contributed by atoms with Crippen LogP contribution >= 0.6 is 11.8 Å². The molecule has 102 valence electrons. The Labute approximate surface area is 112 Å². The van der Waals surface area contributed by atoms with Gasteiger partial charge in [0, 0.05) is 36.7 Å². The standard InChI is InChI=1S/C12H20N2O3S/c1-12(2)3-4-13(5-6-18-12)11(17)14-7-9(8-14)10(15)16/h9H,3-8H2,1-2H3,(H,15,16). The summed E-state index contributed by atoms with van der Waals surface area (Å²) in [5, 5.41) is 8.80. The van der Waals surface area contributed by atoms with Gasteiger partial charge in [-0.25, -0.2) is 4.79 Å². The van der Waals surface area contributed by atoms with E-state index in [9.17, 15) is 9.59 Å². The van der Waals surface area contributed by atoms with Crippen molar-refractivity contribution < 1.29 is 14.7 Å². The normalized spacial score (nSPS) is 24.3. The molecule has 0 atom stereocenters. The third-order valence-corrected chi connectivity index (χ3v) is 4.98. The molecule has 0 aliphatic carbocycles. The Kier molecular flexibility index (Phi) is 3.75. The second-order valence-electron chi connectivity index (χ2n) is 5.57. The van der Waals surface area contributed by atoms with E-state index >= 15 is 0 Å². The Morgan fingerprint density at radius 3 is 2.50 bits per heavy atom. The van der Waals surface area contributed by atoms with Gasteiger partial charge >= 0.3 is 12.0 Å². The SMILES string of the molecule is CC1(C)CCN(C(=O)N2CC(C(=O)O)C2)CCS1. The van der Waals surface area contributed by atoms with Crippen molar-refractivity contribution in [2.75, 3.05) is 31.9 Å². The molecule has 0 aromatic rings. The maximum atomic E-state index is 12.2. The topological polar surface area (TPSA) is 60.9 Å². The Morgan fingerprint density at radius 1 is 1.22 bits per heavy atom. The number of aliphatic carboxylic acids is 1. The van der Waals surface area contributed by atoms with Crippen LogP contribution in [0.5, 0.6) is 0 Å². The number of hydrogen-bond donors (Lipinski definition) is 1. The van der Waals surface area contributed by atoms with E-state index in [0.717, 1.165) is 25.3 Å². The molecule has 0 spiro atoms. The molecule has 2 aliphatic rings. The minimum atomic E-state index is -0.799. The largest absolute Gasteiger partial charge is 0.481 e. The van der Waals surface area contributed by atoms with E-state index in [1.54, 1.807) is 4.90 Å². The van der Waals surface area contributed by atoms with E-state index in [1.807, 2.05) is 16.7 Å². The van der Waals surface area contributed by atoms with Crippen LogP contribution in [0.3, 0.4) is 0 Å². The van der Waals surface area contributed by atoms with Crippen LogP contribution in [0.4, 0.5) is 4.79 Å². The fourth-order valence-electron chi connectivity index (χ4n) is 2.20. The highest BCUT2D eigenvalue weighted by atomic mass is 32.2. The van der Waals surface area contributed by atoms with Crippen LogP contribution < -0.4 is 0 Å². The summed E-state index contributed by atoms with van der Waals surface area (Å²) in [5.74, 6) is -0.215. The van der Waals surface area contributed by atoms with Crippen LogP contribution in [-0.2, 0) is 4.79 Å². The van der Waals surface area contributed by atoms with Gasteiger partial charge in [0.15, 0.2) is 0 Å². The van der Waals surface area contributed by atoms with Gasteiger partial charge in [-0.05, 0) is 6.42 Å². The maximum absolute atomic E-state index is 12.2. The molecule has 1 N–H and O–H groups in total. The molecule has 18 heavy (non-hydrogen) atoms. The number of hydrogen-bond acceptors (Lipinski definition) is 3. The molecule has 2 aliphatic heterocycles. The smallest absolute Gasteiger partial charge is 0.320 e. The van der Waals surface area contributed by atoms with Crippen molar-refractivity contribution in [3.05, 3.63) is 0 Å². The first kappa shape index (κ1) is 13.5. The minimum Gasteiger partial charge on any atom is -0.481 e. The molecule has 2 heterocycles. The summed E-state index contributed by atoms with van der Waals surface area (Å²) in [5.41, 5.74) is 0. The van der Waals surface area contributed by atoms with Gasteiger partial charge in [-0.15, -0.1) is 0 Å². The zero-order chi connectivity index (χ0) is 13.3. The van der Waals surface area contributed by atoms with Crippen molar-refractivity contribution in [3.63, 3.8) is 0 Å². The molecule has 2 amide bonds. The van der Waals surface area contributed by atoms with Crippen LogP contribution in [0.15, 0.2) is 0 Å². The predicted molar refractivity (Wildman–Crippen MR) is 70.8 cm³/mol. The monoisotopic (exact) mass is 272 g/mol. The molecular weight excluding hydrogens is 252 g/mol. The lowest BCUT2D eigenvalue weighted by atomic mass is 10.0. The zero-order valence-corrected chi connectivity index (χ0v) is 11.7. The van der Waals surface area contributed by atoms with Crippen LogP contribution in [0.25, 0.3) is 0 Å². The first-order valence-corrected chi connectivity index (χ1v) is 7.28. The van der Waals surface area contributed by atoms with Crippen molar-refractivity contribution in [1.82, 2.24) is 9.80 Å². The first-order chi connectivity index (χ1) is 8.39. The molecule has 2 fully saturated rings. The number of thioether (sulfide) groups is 1. The van der Waals surface area contributed by atoms with E-state index in [1.165, 1.54) is 0 Å². The number of carbonyl (C=O) groups is 2. The van der Waals surface area contributed by atoms with Crippen molar-refractivity contribution in [2.45, 2.75) is 25.0 Å². The number of likely N-dealkylation sites (tertiary alicyclic amines) is 1. The van der Waals surface area contributed by atoms with Crippen molar-refractivity contribution >= 4 is 23.8 Å². The van der Waals surface area contributed by atoms with Crippen LogP contribution in [0, 0.1) is 5.92 Å². The molecule has 2 saturated heterocycles. The van der Waals surface area contributed by atoms with Gasteiger partial charge in [-0.3, -0.25) is 4.79 Å². The van der Waals surface area contributed by atoms with Gasteiger partial charge in [0.05, 0.1) is 5.92 Å². The average molecular weight is 272 g/mol. The number of rotatable bonds is 1. The van der Waals surface area contributed by atoms with Gasteiger partial charge in [0.25, 0.3) is 0 Å². The van der Waals surface area contributed by atoms with E-state index in [2.05, 4.69) is 13.8 Å². The Hall–Kier alpha value is -0.910. The average Bonchev–Trinajstić information content (AvgIpc) is 2.36. The Morgan fingerprint density at radius 2 is 1.89 bits per heavy atom. The van der Waals surface area contributed by atoms with Crippen LogP contribution in [0.1, 0.15) is 20.3 Å². The molecular formula is C12H20N2O3S. The number of carboxylic acid groups (broad SMARTS) is 1. The third-order valence-electron chi connectivity index (χ3n) is 3.61. The predicted octanol–water partition coefficient (Wildman–Crippen LogP) is 1.34. The third kappa shape index (κ3) is 2.91. The highest BCUT2D eigenvalue weighted by molar-refractivity contribution is 8.00. The minimum absolute atomic E-state index is 0.00537. The summed E-state index contributed by atoms with van der Waals surface area (Å²) < 4.78 is 0.230. The first-order valence-electron chi connectivity index (χ1n) is 6.30. The second kappa shape index (κ2) is 4.99. The lowest BCUT2D eigenvalue weighted by molar-refractivity contribution is -0.146. The molecule has 0 saturated carbocycles. The van der Waals surface area contributed by atoms with Gasteiger partial charge in [0.1, 0.15) is 0 Å². The summed E-state index contributed by atoms with van der Waals surface area (Å²) in [6, 6.07) is 0.00537. The fourth-order valence-corrected chi connectivity index (χ4v) is 3.30. The summed E-state index contributed by atoms with van der Waals surface area (Å²) in [6.07, 6.45) is 0.986. The molecule has 0 unspecified atom stereocenters. The number of nitrogens with zero attached hydrogens (tertiary/aromatic N) is 2. The quantitative estimate of drug-likeness (QED) is 0.782. The van der Waals surface area contributed by atoms with E-state index < -0.39 is 5.97 Å². The van der Waals surface area contributed by atoms with Crippen molar-refractivity contribution in [2.24, 2.45) is 5.92 Å². The van der Waals surface area contributed by atoms with E-state index in [-0.39, 0.29) is 16.7 Å². The van der Waals surface area contributed by atoms with Gasteiger partial charge in [0.2, 0.25) is 0 Å². The molecule has 0 bridgehead atoms. The number of carbonyl (C=O) groups excluding carboxylic acids is 1. The van der Waals surface area contributed by atoms with Crippen molar-refractivity contribution in [3.8, 4) is 0 Å². The number of amides is 2. The summed E-state index contributed by atoms with van der Waals surface area (Å²) in [7, 11) is 0. The highest BCUT2D eigenvalue weighted by Gasteiger charge is 2.38. The number of carboxylic acids is 1. The molecule has 0 aromatic carbocycles. The summed E-state index contributed by atoms with van der Waals surface area (Å²) in [4.78, 5) is 26.4. The van der Waals surface area contributed by atoms with Gasteiger partial charge in [-0.2, -0.15) is 11.8 Å². The van der Waals surface area contributed by atoms with Crippen LogP contribution in [0.2, 0.25) is 0 Å². The molecule has 5 nitrogen and oxygen atoms in total. The van der Waals surface area contributed by atoms with Gasteiger partial charge < -0.3 is 14.9 Å². The van der Waals surface area contributed by atoms with Gasteiger partial charge in [-0.1, -0.05) is 13.8 Å². The zero-order valence-electron chi connectivity index (χ0n) is 10.9. The van der Waals surface area contributed by atoms with E-state index in [4.69, 9.17) is 5.11 Å². The summed E-state index contributed by atoms with van der Waals surface area (Å²) in [6.45, 7) is 6.67. The highest BCUT2D eigenvalue weighted by Crippen LogP contribution is 2.31. The Balaban J connectivity index is 1.85. The molecule has 6 heteroatoms. The lowest BCUT2D eigenvalue weighted by Crippen LogP contribution is -2.57. The van der Waals surface area contributed by atoms with Crippen molar-refractivity contribution in [1.29, 1.82) is 0 Å². The molecule has 0 radical (unpaired) electrons.